The molecule has 3 aromatic carbocycles. The molecule has 0 radical (unpaired) electrons. The van der Waals surface area contributed by atoms with Crippen molar-refractivity contribution in [2.75, 3.05) is 32.7 Å². The minimum atomic E-state index is -0.423. The summed E-state index contributed by atoms with van der Waals surface area (Å²) < 4.78 is 17.5. The van der Waals surface area contributed by atoms with Crippen LogP contribution in [-0.2, 0) is 16.0 Å². The van der Waals surface area contributed by atoms with Crippen LogP contribution in [0.2, 0.25) is 5.02 Å². The zero-order valence-electron chi connectivity index (χ0n) is 22.4. The number of hydrogen-bond donors (Lipinski definition) is 0. The Morgan fingerprint density at radius 1 is 1.08 bits per heavy atom. The maximum absolute atomic E-state index is 13.7. The van der Waals surface area contributed by atoms with Crippen molar-refractivity contribution in [3.63, 3.8) is 0 Å². The van der Waals surface area contributed by atoms with Crippen LogP contribution in [-0.4, -0.2) is 50.6 Å². The Labute approximate surface area is 228 Å². The fourth-order valence-electron chi connectivity index (χ4n) is 4.34. The van der Waals surface area contributed by atoms with Gasteiger partial charge in [0, 0.05) is 24.8 Å². The van der Waals surface area contributed by atoms with Crippen molar-refractivity contribution >= 4 is 29.1 Å². The van der Waals surface area contributed by atoms with Crippen LogP contribution in [0.5, 0.6) is 17.2 Å². The molecular weight excluding hydrogens is 504 g/mol. The zero-order valence-corrected chi connectivity index (χ0v) is 23.1. The third-order valence-electron chi connectivity index (χ3n) is 6.66. The van der Waals surface area contributed by atoms with Gasteiger partial charge in [0.2, 0.25) is 5.91 Å². The molecule has 2 atom stereocenters. The van der Waals surface area contributed by atoms with E-state index >= 15 is 0 Å². The Morgan fingerprint density at radius 3 is 2.37 bits per heavy atom. The third-order valence-corrected chi connectivity index (χ3v) is 6.91. The molecule has 0 spiro atoms. The summed E-state index contributed by atoms with van der Waals surface area (Å²) in [7, 11) is 4.97. The van der Waals surface area contributed by atoms with Crippen molar-refractivity contribution in [2.45, 2.75) is 38.8 Å². The number of methoxy groups -OCH3 is 1. The molecule has 4 rings (SSSR count). The van der Waals surface area contributed by atoms with Crippen LogP contribution in [0.15, 0.2) is 60.7 Å². The number of rotatable bonds is 9. The van der Waals surface area contributed by atoms with Crippen molar-refractivity contribution in [1.29, 1.82) is 0 Å². The van der Waals surface area contributed by atoms with E-state index in [9.17, 15) is 9.59 Å². The third kappa shape index (κ3) is 5.89. The van der Waals surface area contributed by atoms with E-state index in [4.69, 9.17) is 25.8 Å². The summed E-state index contributed by atoms with van der Waals surface area (Å²) in [4.78, 5) is 29.2. The molecule has 1 aliphatic heterocycles. The highest BCUT2D eigenvalue weighted by atomic mass is 35.5. The first-order chi connectivity index (χ1) is 18.2. The summed E-state index contributed by atoms with van der Waals surface area (Å²) in [5, 5.41) is 0.613. The van der Waals surface area contributed by atoms with Gasteiger partial charge in [-0.2, -0.15) is 0 Å². The number of halogens is 1. The molecule has 2 amide bonds. The summed E-state index contributed by atoms with van der Waals surface area (Å²) in [6.45, 7) is 3.90. The number of benzene rings is 3. The lowest BCUT2D eigenvalue weighted by molar-refractivity contribution is -0.130. The molecule has 1 aliphatic rings. The highest BCUT2D eigenvalue weighted by Gasteiger charge is 2.36. The lowest BCUT2D eigenvalue weighted by atomic mass is 9.86. The molecule has 0 fully saturated rings. The van der Waals surface area contributed by atoms with Crippen LogP contribution < -0.4 is 19.1 Å². The van der Waals surface area contributed by atoms with E-state index in [-0.39, 0.29) is 30.9 Å². The fraction of sp³-hybridized carbons (Fsp3) is 0.333. The van der Waals surface area contributed by atoms with Crippen molar-refractivity contribution in [3.05, 3.63) is 82.4 Å². The maximum atomic E-state index is 13.7. The van der Waals surface area contributed by atoms with Crippen LogP contribution in [0.4, 0.5) is 5.69 Å². The van der Waals surface area contributed by atoms with Crippen molar-refractivity contribution in [2.24, 2.45) is 0 Å². The Bertz CT molecular complexity index is 1290. The molecule has 0 aliphatic carbocycles. The van der Waals surface area contributed by atoms with Gasteiger partial charge in [0.15, 0.2) is 18.1 Å². The first-order valence-electron chi connectivity index (χ1n) is 12.6. The lowest BCUT2D eigenvalue weighted by Crippen LogP contribution is -2.41. The molecule has 0 N–H and O–H groups in total. The topological polar surface area (TPSA) is 68.3 Å². The number of fused-ring (bicyclic) bond motifs is 1. The van der Waals surface area contributed by atoms with Crippen molar-refractivity contribution in [3.8, 4) is 17.2 Å². The van der Waals surface area contributed by atoms with E-state index in [1.54, 1.807) is 26.1 Å². The molecule has 38 heavy (non-hydrogen) atoms. The van der Waals surface area contributed by atoms with Gasteiger partial charge in [-0.3, -0.25) is 9.59 Å². The largest absolute Gasteiger partial charge is 0.497 e. The molecule has 200 valence electrons. The Balaban J connectivity index is 1.85. The minimum Gasteiger partial charge on any atom is -0.497 e. The van der Waals surface area contributed by atoms with E-state index < -0.39 is 6.04 Å². The molecule has 0 bridgehead atoms. The first-order valence-corrected chi connectivity index (χ1v) is 13.0. The van der Waals surface area contributed by atoms with E-state index in [1.807, 2.05) is 74.5 Å². The second-order valence-corrected chi connectivity index (χ2v) is 9.94. The Kier molecular flexibility index (Phi) is 8.47. The summed E-state index contributed by atoms with van der Waals surface area (Å²) in [5.41, 5.74) is 3.41. The van der Waals surface area contributed by atoms with E-state index in [0.29, 0.717) is 22.3 Å². The van der Waals surface area contributed by atoms with E-state index in [1.165, 1.54) is 4.90 Å². The average Bonchev–Trinajstić information content (AvgIpc) is 2.91. The van der Waals surface area contributed by atoms with E-state index in [0.717, 1.165) is 28.8 Å². The number of carbonyl (C=O) groups excluding carboxylic acids is 2. The highest BCUT2D eigenvalue weighted by Crippen LogP contribution is 2.44. The second-order valence-electron chi connectivity index (χ2n) is 9.50. The molecule has 0 saturated carbocycles. The normalized spacial score (nSPS) is 15.5. The summed E-state index contributed by atoms with van der Waals surface area (Å²) in [5.74, 6) is 1.46. The smallest absolute Gasteiger partial charge is 0.259 e. The minimum absolute atomic E-state index is 0.0615. The SMILES string of the molecule is CCC(C)Oc1cc2c(cc1OCC(=O)N(C)C)CC(=O)N(c1ccc(OC)cc1)C2c1ccc(Cl)cc1. The van der Waals surface area contributed by atoms with Gasteiger partial charge < -0.3 is 24.0 Å². The molecule has 1 heterocycles. The number of likely N-dealkylation sites (N-methyl/N-ethyl adjacent to an activating group) is 1. The predicted octanol–water partition coefficient (Wildman–Crippen LogP) is 5.67. The molecule has 0 aromatic heterocycles. The fourth-order valence-corrected chi connectivity index (χ4v) is 4.47. The second kappa shape index (κ2) is 11.8. The van der Waals surface area contributed by atoms with E-state index in [2.05, 4.69) is 0 Å². The lowest BCUT2D eigenvalue weighted by Gasteiger charge is -2.38. The molecule has 8 heteroatoms. The molecule has 0 saturated heterocycles. The van der Waals surface area contributed by atoms with Crippen LogP contribution >= 0.6 is 11.6 Å². The maximum Gasteiger partial charge on any atom is 0.259 e. The van der Waals surface area contributed by atoms with Gasteiger partial charge in [-0.15, -0.1) is 0 Å². The monoisotopic (exact) mass is 536 g/mol. The summed E-state index contributed by atoms with van der Waals surface area (Å²) in [6, 6.07) is 18.3. The molecule has 3 aromatic rings. The number of carbonyl (C=O) groups is 2. The highest BCUT2D eigenvalue weighted by molar-refractivity contribution is 6.30. The van der Waals surface area contributed by atoms with Crippen molar-refractivity contribution < 1.29 is 23.8 Å². The Hall–Kier alpha value is -3.71. The van der Waals surface area contributed by atoms with Gasteiger partial charge in [-0.25, -0.2) is 0 Å². The summed E-state index contributed by atoms with van der Waals surface area (Å²) >= 11 is 6.21. The van der Waals surface area contributed by atoms with Crippen molar-refractivity contribution in [1.82, 2.24) is 4.90 Å². The van der Waals surface area contributed by atoms with Gasteiger partial charge in [0.25, 0.3) is 5.91 Å². The molecule has 2 unspecified atom stereocenters. The van der Waals surface area contributed by atoms with Crippen LogP contribution in [0.1, 0.15) is 43.0 Å². The van der Waals surface area contributed by atoms with Gasteiger partial charge in [0.05, 0.1) is 25.7 Å². The van der Waals surface area contributed by atoms with Crippen LogP contribution in [0.3, 0.4) is 0 Å². The quantitative estimate of drug-likeness (QED) is 0.352. The number of anilines is 1. The van der Waals surface area contributed by atoms with Gasteiger partial charge in [-0.05, 0) is 78.6 Å². The summed E-state index contributed by atoms with van der Waals surface area (Å²) in [6.07, 6.45) is 0.897. The number of amides is 2. The van der Waals surface area contributed by atoms with Crippen LogP contribution in [0.25, 0.3) is 0 Å². The standard InChI is InChI=1S/C30H33ClN2O5/c1-6-19(2)38-27-17-25-21(15-26(27)37-18-29(35)32(3)4)16-28(34)33(23-11-13-24(36-5)14-12-23)30(25)20-7-9-22(31)10-8-20/h7-15,17,19,30H,6,16,18H2,1-5H3. The molecular formula is C30H33ClN2O5. The first kappa shape index (κ1) is 27.3. The Morgan fingerprint density at radius 2 is 1.76 bits per heavy atom. The predicted molar refractivity (Wildman–Crippen MR) is 148 cm³/mol. The number of nitrogens with zero attached hydrogens (tertiary/aromatic N) is 2. The van der Waals surface area contributed by atoms with Crippen LogP contribution in [0, 0.1) is 0 Å². The van der Waals surface area contributed by atoms with Gasteiger partial charge >= 0.3 is 0 Å². The number of hydrogen-bond acceptors (Lipinski definition) is 5. The average molecular weight is 537 g/mol. The molecule has 7 nitrogen and oxygen atoms in total. The van der Waals surface area contributed by atoms with Gasteiger partial charge in [-0.1, -0.05) is 30.7 Å². The number of ether oxygens (including phenoxy) is 3. The zero-order chi connectivity index (χ0) is 27.4. The van der Waals surface area contributed by atoms with Gasteiger partial charge in [0.1, 0.15) is 5.75 Å².